The number of halogens is 1. The van der Waals surface area contributed by atoms with E-state index in [-0.39, 0.29) is 0 Å². The van der Waals surface area contributed by atoms with Gasteiger partial charge >= 0.3 is 0 Å². The lowest BCUT2D eigenvalue weighted by atomic mass is 10.0. The van der Waals surface area contributed by atoms with Crippen LogP contribution in [0.2, 0.25) is 5.02 Å². The maximum absolute atomic E-state index is 6.62. The highest BCUT2D eigenvalue weighted by molar-refractivity contribution is 6.35. The van der Waals surface area contributed by atoms with Crippen molar-refractivity contribution in [3.8, 4) is 22.8 Å². The van der Waals surface area contributed by atoms with Crippen LogP contribution in [0, 0.1) is 12.8 Å². The van der Waals surface area contributed by atoms with Gasteiger partial charge in [-0.25, -0.2) is 4.98 Å². The summed E-state index contributed by atoms with van der Waals surface area (Å²) in [5.74, 6) is 2.73. The van der Waals surface area contributed by atoms with Crippen LogP contribution in [0.5, 0.6) is 11.5 Å². The number of anilines is 1. The lowest BCUT2D eigenvalue weighted by Gasteiger charge is -2.18. The number of pyridine rings is 2. The van der Waals surface area contributed by atoms with E-state index in [2.05, 4.69) is 35.2 Å². The lowest BCUT2D eigenvalue weighted by molar-refractivity contribution is 0.393. The molecule has 1 aromatic carbocycles. The Bertz CT molecular complexity index is 1060. The topological polar surface area (TPSA) is 59.5 Å². The molecule has 1 saturated heterocycles. The minimum atomic E-state index is 0.401. The highest BCUT2D eigenvalue weighted by Crippen LogP contribution is 2.42. The number of fused-ring (bicyclic) bond motifs is 1. The first-order valence-corrected chi connectivity index (χ1v) is 10.4. The second-order valence-electron chi connectivity index (χ2n) is 8.03. The van der Waals surface area contributed by atoms with Crippen molar-refractivity contribution >= 4 is 28.2 Å². The average molecular weight is 427 g/mol. The first kappa shape index (κ1) is 20.7. The Morgan fingerprint density at radius 3 is 2.40 bits per heavy atom. The van der Waals surface area contributed by atoms with E-state index in [1.54, 1.807) is 20.3 Å². The van der Waals surface area contributed by atoms with Crippen molar-refractivity contribution in [1.29, 1.82) is 0 Å². The smallest absolute Gasteiger partial charge is 0.141 e. The summed E-state index contributed by atoms with van der Waals surface area (Å²) < 4.78 is 10.9. The third-order valence-electron chi connectivity index (χ3n) is 5.87. The standard InChI is InChI=1S/C23H27ClN4O2/c1-13-11-28(3)12-18(13)27-21-7-16-9-25-17(6-15(16)10-26-21)22-14(2)19(29-4)8-20(30-5)23(22)24/h6-10,13,18H,11-12H2,1-5H3,(H,26,27)/t13-,18+/m0/s1. The van der Waals surface area contributed by atoms with E-state index in [1.165, 1.54) is 0 Å². The molecule has 0 unspecified atom stereocenters. The van der Waals surface area contributed by atoms with Crippen LogP contribution in [0.4, 0.5) is 5.82 Å². The number of likely N-dealkylation sites (tertiary alicyclic amines) is 1. The Kier molecular flexibility index (Phi) is 5.71. The van der Waals surface area contributed by atoms with Gasteiger partial charge in [-0.2, -0.15) is 0 Å². The van der Waals surface area contributed by atoms with Gasteiger partial charge in [0.15, 0.2) is 0 Å². The molecule has 1 aliphatic rings. The number of nitrogens with one attached hydrogen (secondary N) is 1. The van der Waals surface area contributed by atoms with Crippen LogP contribution in [0.15, 0.2) is 30.6 Å². The minimum Gasteiger partial charge on any atom is -0.496 e. The third-order valence-corrected chi connectivity index (χ3v) is 6.25. The van der Waals surface area contributed by atoms with Crippen molar-refractivity contribution < 1.29 is 9.47 Å². The van der Waals surface area contributed by atoms with Gasteiger partial charge < -0.3 is 19.7 Å². The summed E-state index contributed by atoms with van der Waals surface area (Å²) >= 11 is 6.62. The Balaban J connectivity index is 1.70. The van der Waals surface area contributed by atoms with E-state index in [4.69, 9.17) is 26.1 Å². The number of benzene rings is 1. The molecule has 0 radical (unpaired) electrons. The Hall–Kier alpha value is -2.57. The predicted molar refractivity (Wildman–Crippen MR) is 122 cm³/mol. The summed E-state index contributed by atoms with van der Waals surface area (Å²) in [5, 5.41) is 6.12. The van der Waals surface area contributed by atoms with Gasteiger partial charge in [0, 0.05) is 59.5 Å². The van der Waals surface area contributed by atoms with Gasteiger partial charge in [-0.05, 0) is 32.0 Å². The fourth-order valence-electron chi connectivity index (χ4n) is 4.21. The summed E-state index contributed by atoms with van der Waals surface area (Å²) in [5.41, 5.74) is 2.48. The lowest BCUT2D eigenvalue weighted by Crippen LogP contribution is -2.27. The normalized spacial score (nSPS) is 19.3. The van der Waals surface area contributed by atoms with Crippen molar-refractivity contribution in [3.05, 3.63) is 41.2 Å². The van der Waals surface area contributed by atoms with E-state index in [0.717, 1.165) is 46.5 Å². The SMILES string of the molecule is COc1cc(OC)c(Cl)c(-c2cc3cnc(N[C@@H]4CN(C)C[C@@H]4C)cc3cn2)c1C. The number of aromatic nitrogens is 2. The van der Waals surface area contributed by atoms with E-state index in [0.29, 0.717) is 28.5 Å². The largest absolute Gasteiger partial charge is 0.496 e. The molecule has 2 aromatic heterocycles. The zero-order valence-corrected chi connectivity index (χ0v) is 18.7. The molecule has 2 atom stereocenters. The molecule has 0 amide bonds. The molecule has 3 heterocycles. The van der Waals surface area contributed by atoms with E-state index < -0.39 is 0 Å². The van der Waals surface area contributed by atoms with Crippen LogP contribution < -0.4 is 14.8 Å². The molecule has 0 saturated carbocycles. The fraction of sp³-hybridized carbons (Fsp3) is 0.391. The minimum absolute atomic E-state index is 0.401. The van der Waals surface area contributed by atoms with Crippen molar-refractivity contribution in [2.45, 2.75) is 19.9 Å². The number of hydrogen-bond donors (Lipinski definition) is 1. The van der Waals surface area contributed by atoms with Gasteiger partial charge in [-0.3, -0.25) is 4.98 Å². The molecule has 1 fully saturated rings. The fourth-order valence-corrected chi connectivity index (χ4v) is 4.58. The van der Waals surface area contributed by atoms with Crippen LogP contribution in [0.1, 0.15) is 12.5 Å². The van der Waals surface area contributed by atoms with E-state index >= 15 is 0 Å². The zero-order valence-electron chi connectivity index (χ0n) is 18.0. The van der Waals surface area contributed by atoms with Gasteiger partial charge in [0.05, 0.1) is 24.9 Å². The average Bonchev–Trinajstić information content (AvgIpc) is 3.05. The molecule has 0 aliphatic carbocycles. The van der Waals surface area contributed by atoms with Crippen molar-refractivity contribution in [3.63, 3.8) is 0 Å². The molecule has 7 heteroatoms. The van der Waals surface area contributed by atoms with Gasteiger partial charge in [0.25, 0.3) is 0 Å². The van der Waals surface area contributed by atoms with Crippen LogP contribution in [-0.2, 0) is 0 Å². The van der Waals surface area contributed by atoms with Gasteiger partial charge in [-0.1, -0.05) is 18.5 Å². The Morgan fingerprint density at radius 1 is 1.03 bits per heavy atom. The molecule has 0 bridgehead atoms. The second kappa shape index (κ2) is 8.28. The molecule has 30 heavy (non-hydrogen) atoms. The zero-order chi connectivity index (χ0) is 21.4. The number of nitrogens with zero attached hydrogens (tertiary/aromatic N) is 3. The van der Waals surface area contributed by atoms with Crippen molar-refractivity contribution in [2.24, 2.45) is 5.92 Å². The monoisotopic (exact) mass is 426 g/mol. The molecule has 0 spiro atoms. The van der Waals surface area contributed by atoms with E-state index in [9.17, 15) is 0 Å². The molecule has 1 N–H and O–H groups in total. The van der Waals surface area contributed by atoms with Crippen LogP contribution in [0.25, 0.3) is 22.0 Å². The molecular weight excluding hydrogens is 400 g/mol. The summed E-state index contributed by atoms with van der Waals surface area (Å²) in [6.45, 7) is 6.36. The van der Waals surface area contributed by atoms with Crippen LogP contribution in [-0.4, -0.2) is 55.3 Å². The van der Waals surface area contributed by atoms with Gasteiger partial charge in [0.1, 0.15) is 17.3 Å². The molecule has 1 aliphatic heterocycles. The van der Waals surface area contributed by atoms with Crippen LogP contribution in [0.3, 0.4) is 0 Å². The maximum Gasteiger partial charge on any atom is 0.141 e. The number of likely N-dealkylation sites (N-methyl/N-ethyl adjacent to an activating group) is 1. The number of ether oxygens (including phenoxy) is 2. The molecule has 6 nitrogen and oxygen atoms in total. The second-order valence-corrected chi connectivity index (χ2v) is 8.41. The van der Waals surface area contributed by atoms with Gasteiger partial charge in [-0.15, -0.1) is 0 Å². The summed E-state index contributed by atoms with van der Waals surface area (Å²) in [7, 11) is 5.38. The quantitative estimate of drug-likeness (QED) is 0.641. The number of hydrogen-bond acceptors (Lipinski definition) is 6. The third kappa shape index (κ3) is 3.77. The Labute approximate surface area is 182 Å². The molecule has 158 valence electrons. The number of methoxy groups -OCH3 is 2. The molecular formula is C23H27ClN4O2. The summed E-state index contributed by atoms with van der Waals surface area (Å²) in [4.78, 5) is 11.7. The van der Waals surface area contributed by atoms with Crippen LogP contribution >= 0.6 is 11.6 Å². The highest BCUT2D eigenvalue weighted by atomic mass is 35.5. The van der Waals surface area contributed by atoms with Crippen molar-refractivity contribution in [2.75, 3.05) is 39.7 Å². The van der Waals surface area contributed by atoms with Gasteiger partial charge in [0.2, 0.25) is 0 Å². The first-order valence-electron chi connectivity index (χ1n) is 10.0. The van der Waals surface area contributed by atoms with E-state index in [1.807, 2.05) is 25.4 Å². The highest BCUT2D eigenvalue weighted by Gasteiger charge is 2.27. The maximum atomic E-state index is 6.62. The molecule has 4 rings (SSSR count). The Morgan fingerprint density at radius 2 is 1.73 bits per heavy atom. The molecule has 3 aromatic rings. The summed E-state index contributed by atoms with van der Waals surface area (Å²) in [6.07, 6.45) is 3.75. The summed E-state index contributed by atoms with van der Waals surface area (Å²) in [6, 6.07) is 6.25. The predicted octanol–water partition coefficient (Wildman–Crippen LogP) is 4.64. The number of rotatable bonds is 5. The van der Waals surface area contributed by atoms with Crippen molar-refractivity contribution in [1.82, 2.24) is 14.9 Å². The first-order chi connectivity index (χ1) is 14.4.